The third kappa shape index (κ3) is 4.81. The van der Waals surface area contributed by atoms with Gasteiger partial charge in [0.1, 0.15) is 0 Å². The van der Waals surface area contributed by atoms with Crippen molar-refractivity contribution in [3.8, 4) is 0 Å². The number of nitrogens with one attached hydrogen (secondary N) is 1. The minimum Gasteiger partial charge on any atom is -0.469 e. The van der Waals surface area contributed by atoms with Crippen molar-refractivity contribution >= 4 is 46.1 Å². The van der Waals surface area contributed by atoms with Gasteiger partial charge in [-0.1, -0.05) is 11.6 Å². The third-order valence-corrected chi connectivity index (χ3v) is 3.82. The van der Waals surface area contributed by atoms with Crippen LogP contribution in [-0.4, -0.2) is 25.5 Å². The highest BCUT2D eigenvalue weighted by atomic mass is 127. The minimum atomic E-state index is -0.276. The molecule has 0 unspecified atom stereocenters. The lowest BCUT2D eigenvalue weighted by atomic mass is 10.2. The van der Waals surface area contributed by atoms with E-state index in [9.17, 15) is 9.59 Å². The number of benzene rings is 1. The second-order valence-corrected chi connectivity index (χ2v) is 5.13. The molecule has 0 heterocycles. The van der Waals surface area contributed by atoms with Crippen molar-refractivity contribution in [3.63, 3.8) is 0 Å². The smallest absolute Gasteiger partial charge is 0.305 e. The first kappa shape index (κ1) is 15.2. The monoisotopic (exact) mass is 381 g/mol. The van der Waals surface area contributed by atoms with Crippen molar-refractivity contribution in [2.24, 2.45) is 0 Å². The van der Waals surface area contributed by atoms with E-state index in [4.69, 9.17) is 11.6 Å². The fraction of sp³-hybridized carbons (Fsp3) is 0.333. The van der Waals surface area contributed by atoms with E-state index >= 15 is 0 Å². The number of rotatable bonds is 5. The highest BCUT2D eigenvalue weighted by molar-refractivity contribution is 14.1. The fourth-order valence-corrected chi connectivity index (χ4v) is 1.79. The molecule has 0 bridgehead atoms. The molecule has 0 saturated heterocycles. The summed E-state index contributed by atoms with van der Waals surface area (Å²) in [6.07, 6.45) is 0.848. The molecular formula is C12H13ClINO3. The van der Waals surface area contributed by atoms with Gasteiger partial charge in [-0.05, 0) is 47.2 Å². The molecular weight excluding hydrogens is 368 g/mol. The Bertz CT molecular complexity index is 451. The van der Waals surface area contributed by atoms with Crippen molar-refractivity contribution in [1.82, 2.24) is 5.32 Å². The number of hydrogen-bond acceptors (Lipinski definition) is 3. The van der Waals surface area contributed by atoms with E-state index in [1.54, 1.807) is 18.2 Å². The lowest BCUT2D eigenvalue weighted by Gasteiger charge is -2.05. The minimum absolute atomic E-state index is 0.196. The van der Waals surface area contributed by atoms with Gasteiger partial charge in [0.05, 0.1) is 12.1 Å². The van der Waals surface area contributed by atoms with Gasteiger partial charge in [0.15, 0.2) is 0 Å². The summed E-state index contributed by atoms with van der Waals surface area (Å²) >= 11 is 8.03. The number of halogens is 2. The maximum absolute atomic E-state index is 11.7. The van der Waals surface area contributed by atoms with Crippen LogP contribution in [0.4, 0.5) is 0 Å². The van der Waals surface area contributed by atoms with Crippen molar-refractivity contribution in [3.05, 3.63) is 32.4 Å². The third-order valence-electron chi connectivity index (χ3n) is 2.25. The van der Waals surface area contributed by atoms with Gasteiger partial charge in [-0.3, -0.25) is 9.59 Å². The fourth-order valence-electron chi connectivity index (χ4n) is 1.28. The average molecular weight is 382 g/mol. The molecule has 0 radical (unpaired) electrons. The molecule has 6 heteroatoms. The predicted molar refractivity (Wildman–Crippen MR) is 77.8 cm³/mol. The first-order valence-electron chi connectivity index (χ1n) is 5.34. The van der Waals surface area contributed by atoms with Gasteiger partial charge in [0.2, 0.25) is 0 Å². The summed E-state index contributed by atoms with van der Waals surface area (Å²) in [4.78, 5) is 22.6. The van der Waals surface area contributed by atoms with Gasteiger partial charge in [0.25, 0.3) is 5.91 Å². The van der Waals surface area contributed by atoms with Crippen molar-refractivity contribution < 1.29 is 14.3 Å². The van der Waals surface area contributed by atoms with Gasteiger partial charge in [-0.15, -0.1) is 0 Å². The Morgan fingerprint density at radius 1 is 1.44 bits per heavy atom. The second-order valence-electron chi connectivity index (χ2n) is 3.56. The molecule has 0 spiro atoms. The number of amides is 1. The SMILES string of the molecule is COC(=O)CCCNC(=O)c1ccc(I)c(Cl)c1. The van der Waals surface area contributed by atoms with Crippen LogP contribution >= 0.6 is 34.2 Å². The average Bonchev–Trinajstić information content (AvgIpc) is 2.37. The molecule has 0 aromatic heterocycles. The molecule has 0 saturated carbocycles. The molecule has 98 valence electrons. The van der Waals surface area contributed by atoms with Crippen LogP contribution in [0.1, 0.15) is 23.2 Å². The van der Waals surface area contributed by atoms with Crippen LogP contribution in [-0.2, 0) is 9.53 Å². The van der Waals surface area contributed by atoms with Gasteiger partial charge >= 0.3 is 5.97 Å². The Morgan fingerprint density at radius 3 is 2.78 bits per heavy atom. The van der Waals surface area contributed by atoms with Crippen LogP contribution in [0.25, 0.3) is 0 Å². The Balaban J connectivity index is 2.41. The number of carbonyl (C=O) groups excluding carboxylic acids is 2. The van der Waals surface area contributed by atoms with Crippen molar-refractivity contribution in [2.75, 3.05) is 13.7 Å². The van der Waals surface area contributed by atoms with Crippen LogP contribution in [0.15, 0.2) is 18.2 Å². The van der Waals surface area contributed by atoms with Gasteiger partial charge in [-0.2, -0.15) is 0 Å². The predicted octanol–water partition coefficient (Wildman–Crippen LogP) is 2.63. The molecule has 0 aliphatic heterocycles. The van der Waals surface area contributed by atoms with E-state index in [-0.39, 0.29) is 11.9 Å². The van der Waals surface area contributed by atoms with Gasteiger partial charge < -0.3 is 10.1 Å². The van der Waals surface area contributed by atoms with E-state index in [0.29, 0.717) is 30.0 Å². The molecule has 1 amide bonds. The summed E-state index contributed by atoms with van der Waals surface area (Å²) in [5.41, 5.74) is 0.512. The van der Waals surface area contributed by atoms with Crippen molar-refractivity contribution in [1.29, 1.82) is 0 Å². The van der Waals surface area contributed by atoms with Gasteiger partial charge in [0, 0.05) is 22.1 Å². The number of esters is 1. The zero-order valence-corrected chi connectivity index (χ0v) is 12.7. The molecule has 1 rings (SSSR count). The van der Waals surface area contributed by atoms with E-state index in [2.05, 4.69) is 32.6 Å². The van der Waals surface area contributed by atoms with Crippen LogP contribution in [0.3, 0.4) is 0 Å². The molecule has 0 atom stereocenters. The molecule has 18 heavy (non-hydrogen) atoms. The normalized spacial score (nSPS) is 9.94. The molecule has 0 fully saturated rings. The van der Waals surface area contributed by atoms with Crippen LogP contribution in [0.2, 0.25) is 5.02 Å². The zero-order chi connectivity index (χ0) is 13.5. The van der Waals surface area contributed by atoms with Gasteiger partial charge in [-0.25, -0.2) is 0 Å². The van der Waals surface area contributed by atoms with Crippen molar-refractivity contribution in [2.45, 2.75) is 12.8 Å². The number of methoxy groups -OCH3 is 1. The largest absolute Gasteiger partial charge is 0.469 e. The van der Waals surface area contributed by atoms with Crippen LogP contribution in [0, 0.1) is 3.57 Å². The summed E-state index contributed by atoms with van der Waals surface area (Å²) in [5, 5.41) is 3.27. The number of carbonyl (C=O) groups is 2. The summed E-state index contributed by atoms with van der Waals surface area (Å²) in [7, 11) is 1.34. The van der Waals surface area contributed by atoms with Crippen LogP contribution < -0.4 is 5.32 Å². The highest BCUT2D eigenvalue weighted by Gasteiger charge is 2.07. The molecule has 4 nitrogen and oxygen atoms in total. The lowest BCUT2D eigenvalue weighted by molar-refractivity contribution is -0.140. The lowest BCUT2D eigenvalue weighted by Crippen LogP contribution is -2.25. The summed E-state index contributed by atoms with van der Waals surface area (Å²) in [5.74, 6) is -0.472. The maximum Gasteiger partial charge on any atom is 0.305 e. The standard InChI is InChI=1S/C12H13ClINO3/c1-18-11(16)3-2-6-15-12(17)8-4-5-10(14)9(13)7-8/h4-5,7H,2-3,6H2,1H3,(H,15,17). The Kier molecular flexibility index (Phi) is 6.42. The van der Waals surface area contributed by atoms with Crippen LogP contribution in [0.5, 0.6) is 0 Å². The summed E-state index contributed by atoms with van der Waals surface area (Å²) in [6.45, 7) is 0.428. The van der Waals surface area contributed by atoms with E-state index < -0.39 is 0 Å². The molecule has 0 aliphatic rings. The highest BCUT2D eigenvalue weighted by Crippen LogP contribution is 2.19. The van der Waals surface area contributed by atoms with E-state index in [1.807, 2.05) is 0 Å². The molecule has 1 aromatic carbocycles. The summed E-state index contributed by atoms with van der Waals surface area (Å²) in [6, 6.07) is 5.12. The zero-order valence-electron chi connectivity index (χ0n) is 9.83. The van der Waals surface area contributed by atoms with E-state index in [0.717, 1.165) is 3.57 Å². The molecule has 0 aliphatic carbocycles. The molecule has 1 N–H and O–H groups in total. The maximum atomic E-state index is 11.7. The number of hydrogen-bond donors (Lipinski definition) is 1. The Labute approximate surface area is 124 Å². The summed E-state index contributed by atoms with van der Waals surface area (Å²) < 4.78 is 5.40. The second kappa shape index (κ2) is 7.58. The quantitative estimate of drug-likeness (QED) is 0.485. The first-order chi connectivity index (χ1) is 8.54. The Hall–Kier alpha value is -0.820. The van der Waals surface area contributed by atoms with E-state index in [1.165, 1.54) is 7.11 Å². The first-order valence-corrected chi connectivity index (χ1v) is 6.80. The Morgan fingerprint density at radius 2 is 2.17 bits per heavy atom. The molecule has 1 aromatic rings. The number of ether oxygens (including phenoxy) is 1. The topological polar surface area (TPSA) is 55.4 Å².